The molecule has 0 unspecified atom stereocenters. The van der Waals surface area contributed by atoms with Gasteiger partial charge in [-0.1, -0.05) is 0 Å². The largest absolute Gasteiger partial charge is 0.444 e. The molecule has 1 amide bonds. The third-order valence-corrected chi connectivity index (χ3v) is 3.64. The Bertz CT molecular complexity index is 624. The summed E-state index contributed by atoms with van der Waals surface area (Å²) in [7, 11) is 0. The quantitative estimate of drug-likeness (QED) is 0.887. The zero-order valence-electron chi connectivity index (χ0n) is 11.2. The molecule has 0 aromatic carbocycles. The van der Waals surface area contributed by atoms with E-state index in [1.54, 1.807) is 27.0 Å². The Kier molecular flexibility index (Phi) is 4.34. The topological polar surface area (TPSA) is 77.0 Å². The summed E-state index contributed by atoms with van der Waals surface area (Å²) < 4.78 is 6.12. The van der Waals surface area contributed by atoms with Crippen molar-refractivity contribution in [1.82, 2.24) is 15.2 Å². The van der Waals surface area contributed by atoms with Crippen molar-refractivity contribution in [2.45, 2.75) is 26.4 Å². The highest BCUT2D eigenvalue weighted by molar-refractivity contribution is 9.11. The van der Waals surface area contributed by atoms with Crippen LogP contribution in [0.5, 0.6) is 0 Å². The molecule has 6 nitrogen and oxygen atoms in total. The number of nitrogens with zero attached hydrogens (tertiary/aromatic N) is 3. The van der Waals surface area contributed by atoms with E-state index in [9.17, 15) is 4.79 Å². The first-order valence-corrected chi connectivity index (χ1v) is 7.40. The molecule has 2 heterocycles. The Morgan fingerprint density at radius 3 is 2.75 bits per heavy atom. The highest BCUT2D eigenvalue weighted by atomic mass is 79.9. The third-order valence-electron chi connectivity index (χ3n) is 2.00. The molecule has 0 saturated heterocycles. The van der Waals surface area contributed by atoms with E-state index in [1.807, 2.05) is 12.1 Å². The van der Waals surface area contributed by atoms with Crippen molar-refractivity contribution < 1.29 is 9.53 Å². The lowest BCUT2D eigenvalue weighted by molar-refractivity contribution is 0.0634. The molecule has 1 N–H and O–H groups in total. The molecule has 2 aromatic heterocycles. The van der Waals surface area contributed by atoms with Gasteiger partial charge in [-0.15, -0.1) is 16.4 Å². The van der Waals surface area contributed by atoms with Crippen molar-refractivity contribution in [2.75, 3.05) is 5.32 Å². The first kappa shape index (κ1) is 14.9. The van der Waals surface area contributed by atoms with Crippen LogP contribution in [0.4, 0.5) is 10.7 Å². The molecule has 0 aliphatic heterocycles. The van der Waals surface area contributed by atoms with E-state index in [0.29, 0.717) is 5.69 Å². The van der Waals surface area contributed by atoms with Gasteiger partial charge in [-0.25, -0.2) is 9.78 Å². The van der Waals surface area contributed by atoms with Crippen LogP contribution in [0.1, 0.15) is 20.8 Å². The number of ether oxygens (including phenoxy) is 1. The van der Waals surface area contributed by atoms with Crippen molar-refractivity contribution in [3.05, 3.63) is 22.1 Å². The van der Waals surface area contributed by atoms with Crippen LogP contribution < -0.4 is 5.32 Å². The van der Waals surface area contributed by atoms with Crippen LogP contribution in [-0.4, -0.2) is 26.9 Å². The summed E-state index contributed by atoms with van der Waals surface area (Å²) in [6.45, 7) is 5.35. The highest BCUT2D eigenvalue weighted by Crippen LogP contribution is 2.29. The maximum absolute atomic E-state index is 11.6. The van der Waals surface area contributed by atoms with Crippen LogP contribution in [-0.2, 0) is 4.74 Å². The van der Waals surface area contributed by atoms with Crippen LogP contribution in [0.25, 0.3) is 10.6 Å². The van der Waals surface area contributed by atoms with Crippen molar-refractivity contribution in [3.8, 4) is 10.6 Å². The molecule has 0 spiro atoms. The van der Waals surface area contributed by atoms with Crippen molar-refractivity contribution in [3.63, 3.8) is 0 Å². The molecule has 2 rings (SSSR count). The van der Waals surface area contributed by atoms with E-state index < -0.39 is 11.7 Å². The zero-order valence-corrected chi connectivity index (χ0v) is 13.6. The summed E-state index contributed by atoms with van der Waals surface area (Å²) in [6.07, 6.45) is 0.933. The van der Waals surface area contributed by atoms with Crippen LogP contribution in [0.3, 0.4) is 0 Å². The number of halogens is 1. The molecule has 106 valence electrons. The van der Waals surface area contributed by atoms with Gasteiger partial charge in [0.05, 0.1) is 14.9 Å². The van der Waals surface area contributed by atoms with Gasteiger partial charge in [-0.2, -0.15) is 5.10 Å². The summed E-state index contributed by atoms with van der Waals surface area (Å²) >= 11 is 4.91. The minimum absolute atomic E-state index is 0.112. The van der Waals surface area contributed by atoms with Crippen LogP contribution in [0.2, 0.25) is 0 Å². The van der Waals surface area contributed by atoms with Gasteiger partial charge in [0, 0.05) is 0 Å². The predicted molar refractivity (Wildman–Crippen MR) is 80.7 cm³/mol. The fourth-order valence-electron chi connectivity index (χ4n) is 1.32. The minimum Gasteiger partial charge on any atom is -0.444 e. The number of aromatic nitrogens is 3. The third kappa shape index (κ3) is 4.24. The number of carbonyl (C=O) groups excluding carboxylic acids is 1. The second-order valence-electron chi connectivity index (χ2n) is 4.90. The Morgan fingerprint density at radius 1 is 1.40 bits per heavy atom. The maximum Gasteiger partial charge on any atom is 0.414 e. The van der Waals surface area contributed by atoms with Gasteiger partial charge in [0.1, 0.15) is 11.3 Å². The number of amides is 1. The van der Waals surface area contributed by atoms with Gasteiger partial charge < -0.3 is 4.74 Å². The summed E-state index contributed by atoms with van der Waals surface area (Å²) in [4.78, 5) is 16.8. The molecule has 0 bridgehead atoms. The van der Waals surface area contributed by atoms with Crippen molar-refractivity contribution in [1.29, 1.82) is 0 Å². The van der Waals surface area contributed by atoms with Crippen LogP contribution in [0, 0.1) is 0 Å². The summed E-state index contributed by atoms with van der Waals surface area (Å²) in [5.74, 6) is 0.112. The molecule has 0 saturated carbocycles. The number of nitrogens with one attached hydrogen (secondary N) is 1. The Morgan fingerprint density at radius 2 is 2.15 bits per heavy atom. The number of anilines is 1. The molecule has 0 aliphatic rings. The Balaban J connectivity index is 2.12. The molecule has 0 fully saturated rings. The number of thiophene rings is 1. The van der Waals surface area contributed by atoms with Gasteiger partial charge in [0.25, 0.3) is 5.95 Å². The molecule has 20 heavy (non-hydrogen) atoms. The predicted octanol–water partition coefficient (Wildman–Crippen LogP) is 3.71. The lowest BCUT2D eigenvalue weighted by Crippen LogP contribution is -2.27. The van der Waals surface area contributed by atoms with E-state index in [1.165, 1.54) is 11.3 Å². The lowest BCUT2D eigenvalue weighted by atomic mass is 10.2. The number of hydrogen-bond donors (Lipinski definition) is 1. The Labute approximate surface area is 128 Å². The van der Waals surface area contributed by atoms with E-state index in [-0.39, 0.29) is 5.95 Å². The summed E-state index contributed by atoms with van der Waals surface area (Å²) in [5.41, 5.74) is 0.0649. The summed E-state index contributed by atoms with van der Waals surface area (Å²) in [6, 6.07) is 3.83. The van der Waals surface area contributed by atoms with E-state index in [2.05, 4.69) is 36.4 Å². The van der Waals surface area contributed by atoms with E-state index in [4.69, 9.17) is 4.74 Å². The lowest BCUT2D eigenvalue weighted by Gasteiger charge is -2.19. The molecule has 8 heteroatoms. The van der Waals surface area contributed by atoms with Crippen molar-refractivity contribution >= 4 is 39.3 Å². The average Bonchev–Trinajstić information content (AvgIpc) is 2.73. The fourth-order valence-corrected chi connectivity index (χ4v) is 2.66. The van der Waals surface area contributed by atoms with E-state index in [0.717, 1.165) is 8.66 Å². The van der Waals surface area contributed by atoms with Gasteiger partial charge >= 0.3 is 6.09 Å². The fraction of sp³-hybridized carbons (Fsp3) is 0.333. The second-order valence-corrected chi connectivity index (χ2v) is 7.36. The normalized spacial score (nSPS) is 11.2. The number of carbonyl (C=O) groups is 1. The Hall–Kier alpha value is -1.54. The number of rotatable bonds is 2. The molecular formula is C12H13BrN4O2S. The van der Waals surface area contributed by atoms with Crippen LogP contribution in [0.15, 0.2) is 22.1 Å². The van der Waals surface area contributed by atoms with E-state index >= 15 is 0 Å². The van der Waals surface area contributed by atoms with Gasteiger partial charge in [-0.3, -0.25) is 5.32 Å². The molecular weight excluding hydrogens is 344 g/mol. The first-order chi connectivity index (χ1) is 9.33. The second kappa shape index (κ2) is 5.84. The van der Waals surface area contributed by atoms with Crippen molar-refractivity contribution in [2.24, 2.45) is 0 Å². The van der Waals surface area contributed by atoms with Gasteiger partial charge in [-0.05, 0) is 48.8 Å². The zero-order chi connectivity index (χ0) is 14.8. The SMILES string of the molecule is CC(C)(C)OC(=O)Nc1nncc(-c2ccc(Br)s2)n1. The smallest absolute Gasteiger partial charge is 0.414 e. The molecule has 0 atom stereocenters. The molecule has 0 aliphatic carbocycles. The van der Waals surface area contributed by atoms with Gasteiger partial charge in [0.15, 0.2) is 0 Å². The highest BCUT2D eigenvalue weighted by Gasteiger charge is 2.17. The van der Waals surface area contributed by atoms with Gasteiger partial charge in [0.2, 0.25) is 0 Å². The average molecular weight is 357 g/mol. The molecule has 2 aromatic rings. The monoisotopic (exact) mass is 356 g/mol. The first-order valence-electron chi connectivity index (χ1n) is 5.79. The standard InChI is InChI=1S/C12H13BrN4O2S/c1-12(2,3)19-11(18)16-10-15-7(6-14-17-10)8-4-5-9(13)20-8/h4-6H,1-3H3,(H,15,16,17,18). The summed E-state index contributed by atoms with van der Waals surface area (Å²) in [5, 5.41) is 10.1. The molecule has 0 radical (unpaired) electrons. The minimum atomic E-state index is -0.608. The van der Waals surface area contributed by atoms with Crippen LogP contribution >= 0.6 is 27.3 Å². The maximum atomic E-state index is 11.6. The number of hydrogen-bond acceptors (Lipinski definition) is 6.